The molecule has 3 heterocycles. The van der Waals surface area contributed by atoms with E-state index in [4.69, 9.17) is 45.4 Å². The molecule has 0 bridgehead atoms. The van der Waals surface area contributed by atoms with Crippen LogP contribution >= 0.6 is 12.2 Å². The molecule has 0 spiro atoms. The third-order valence-electron chi connectivity index (χ3n) is 10.3. The normalized spacial score (nSPS) is 25.2. The van der Waals surface area contributed by atoms with Crippen molar-refractivity contribution >= 4 is 41.1 Å². The lowest BCUT2D eigenvalue weighted by Gasteiger charge is -2.44. The Kier molecular flexibility index (Phi) is 17.1. The maximum Gasteiger partial charge on any atom is 0.303 e. The van der Waals surface area contributed by atoms with Gasteiger partial charge in [0.15, 0.2) is 24.6 Å². The lowest BCUT2D eigenvalue weighted by Crippen LogP contribution is -2.62. The van der Waals surface area contributed by atoms with Crippen LogP contribution in [-0.4, -0.2) is 107 Å². The average molecular weight is 850 g/mol. The first-order chi connectivity index (χ1) is 28.7. The summed E-state index contributed by atoms with van der Waals surface area (Å²) in [5.74, 6) is -2.69. The number of hydrogen-bond acceptors (Lipinski definition) is 15. The first kappa shape index (κ1) is 46.2. The maximum atomic E-state index is 12.2. The number of esters is 4. The van der Waals surface area contributed by atoms with Gasteiger partial charge in [-0.3, -0.25) is 24.2 Å². The summed E-state index contributed by atoms with van der Waals surface area (Å²) >= 11 is 5.71. The Hall–Kier alpha value is -4.84. The molecule has 60 heavy (non-hydrogen) atoms. The Morgan fingerprint density at radius 2 is 1.38 bits per heavy atom. The molecular weight excluding hydrogens is 795 g/mol. The molecule has 15 nitrogen and oxygen atoms in total. The van der Waals surface area contributed by atoms with Crippen molar-refractivity contribution in [3.8, 4) is 0 Å². The number of aliphatic hydroxyl groups is 1. The van der Waals surface area contributed by atoms with Crippen molar-refractivity contribution < 1.29 is 57.4 Å². The summed E-state index contributed by atoms with van der Waals surface area (Å²) < 4.78 is 41.3. The van der Waals surface area contributed by atoms with Crippen LogP contribution in [0.2, 0.25) is 0 Å². The van der Waals surface area contributed by atoms with Crippen molar-refractivity contribution in [3.63, 3.8) is 0 Å². The summed E-state index contributed by atoms with van der Waals surface area (Å²) in [6, 6.07) is 21.5. The topological polar surface area (TPSA) is 181 Å². The van der Waals surface area contributed by atoms with E-state index in [0.29, 0.717) is 18.1 Å². The van der Waals surface area contributed by atoms with Crippen molar-refractivity contribution in [2.45, 2.75) is 110 Å². The highest BCUT2D eigenvalue weighted by Crippen LogP contribution is 2.42. The van der Waals surface area contributed by atoms with Crippen LogP contribution in [0, 0.1) is 5.92 Å². The van der Waals surface area contributed by atoms with E-state index in [-0.39, 0.29) is 37.8 Å². The molecule has 2 fully saturated rings. The number of hydrogen-bond donors (Lipinski definition) is 2. The summed E-state index contributed by atoms with van der Waals surface area (Å²) in [6.45, 7) is 8.33. The fraction of sp³-hybridized carbons (Fsp3) is 0.500. The molecule has 0 saturated carbocycles. The first-order valence-corrected chi connectivity index (χ1v) is 20.4. The number of aromatic nitrogens is 1. The molecule has 9 atom stereocenters. The molecule has 1 aromatic heterocycles. The van der Waals surface area contributed by atoms with E-state index in [1.54, 1.807) is 6.20 Å². The fourth-order valence-electron chi connectivity index (χ4n) is 7.31. The van der Waals surface area contributed by atoms with Gasteiger partial charge in [-0.1, -0.05) is 73.7 Å². The van der Waals surface area contributed by atoms with Crippen molar-refractivity contribution in [3.05, 3.63) is 101 Å². The lowest BCUT2D eigenvalue weighted by molar-refractivity contribution is -0.275. The van der Waals surface area contributed by atoms with Crippen molar-refractivity contribution in [1.82, 2.24) is 15.2 Å². The van der Waals surface area contributed by atoms with Crippen molar-refractivity contribution in [2.24, 2.45) is 5.92 Å². The molecule has 0 amide bonds. The number of aliphatic hydroxyl groups excluding tert-OH is 1. The van der Waals surface area contributed by atoms with E-state index in [9.17, 15) is 24.3 Å². The van der Waals surface area contributed by atoms with Gasteiger partial charge in [-0.05, 0) is 35.9 Å². The molecule has 0 radical (unpaired) electrons. The predicted molar refractivity (Wildman–Crippen MR) is 221 cm³/mol. The van der Waals surface area contributed by atoms with Gasteiger partial charge >= 0.3 is 23.9 Å². The molecule has 324 valence electrons. The zero-order chi connectivity index (χ0) is 43.3. The van der Waals surface area contributed by atoms with E-state index < -0.39 is 60.7 Å². The quantitative estimate of drug-likeness (QED) is 0.110. The van der Waals surface area contributed by atoms with Gasteiger partial charge in [0.1, 0.15) is 18.8 Å². The third-order valence-corrected chi connectivity index (χ3v) is 10.6. The Morgan fingerprint density at radius 3 is 1.98 bits per heavy atom. The Morgan fingerprint density at radius 1 is 0.767 bits per heavy atom. The van der Waals surface area contributed by atoms with Gasteiger partial charge in [0.2, 0.25) is 0 Å². The van der Waals surface area contributed by atoms with Crippen LogP contribution in [-0.2, 0) is 71.9 Å². The summed E-state index contributed by atoms with van der Waals surface area (Å²) in [4.78, 5) is 55.3. The summed E-state index contributed by atoms with van der Waals surface area (Å²) in [7, 11) is 2.08. The number of benzene rings is 2. The third kappa shape index (κ3) is 13.3. The molecule has 2 N–H and O–H groups in total. The minimum atomic E-state index is -1.27. The van der Waals surface area contributed by atoms with E-state index in [0.717, 1.165) is 40.9 Å². The van der Waals surface area contributed by atoms with Crippen LogP contribution in [0.15, 0.2) is 72.9 Å². The largest absolute Gasteiger partial charge is 0.463 e. The summed E-state index contributed by atoms with van der Waals surface area (Å²) in [5.41, 5.74) is 4.58. The van der Waals surface area contributed by atoms with Crippen LogP contribution < -0.4 is 5.32 Å². The number of carbonyl (C=O) groups is 4. The number of likely N-dealkylation sites (N-methyl/N-ethyl adjacent to an activating group) is 1. The van der Waals surface area contributed by atoms with Crippen molar-refractivity contribution in [1.29, 1.82) is 0 Å². The fourth-order valence-corrected chi connectivity index (χ4v) is 7.54. The van der Waals surface area contributed by atoms with Crippen LogP contribution in [0.5, 0.6) is 0 Å². The zero-order valence-corrected chi connectivity index (χ0v) is 35.6. The number of carbonyl (C=O) groups excluding carboxylic acids is 4. The van der Waals surface area contributed by atoms with Crippen molar-refractivity contribution in [2.75, 3.05) is 26.7 Å². The molecule has 2 aliphatic heterocycles. The minimum Gasteiger partial charge on any atom is -0.463 e. The summed E-state index contributed by atoms with van der Waals surface area (Å²) in [5, 5.41) is 12.9. The number of thiocarbonyl (C=S) groups is 1. The number of pyridine rings is 1. The van der Waals surface area contributed by atoms with E-state index in [1.165, 1.54) is 27.7 Å². The monoisotopic (exact) mass is 849 g/mol. The van der Waals surface area contributed by atoms with Gasteiger partial charge < -0.3 is 48.5 Å². The standard InChI is InChI=1S/C44H55N3O12S/c1-26-37(23-47(6)20-18-35-9-7-8-19-45-35)58-44(59-40(26)33-14-12-32(24-48)13-15-33)34-16-10-31(11-17-34)22-46-39(60)21-36-41(54-28(3)50)43(56-30(5)52)42(55-29(4)51)38(57-36)25-53-27(2)49/h7-17,19,26,36-38,40-44,48H,18,20-25H2,1-6H3,(H,46,60). The predicted octanol–water partition coefficient (Wildman–Crippen LogP) is 4.47. The zero-order valence-electron chi connectivity index (χ0n) is 34.8. The number of nitrogens with zero attached hydrogens (tertiary/aromatic N) is 2. The molecule has 16 heteroatoms. The molecule has 5 rings (SSSR count). The molecule has 2 saturated heterocycles. The Balaban J connectivity index is 1.27. The molecule has 2 aliphatic rings. The molecule has 9 unspecified atom stereocenters. The average Bonchev–Trinajstić information content (AvgIpc) is 3.21. The second-order valence-corrected chi connectivity index (χ2v) is 15.6. The first-order valence-electron chi connectivity index (χ1n) is 20.0. The second kappa shape index (κ2) is 22.1. The van der Waals surface area contributed by atoms with E-state index in [1.807, 2.05) is 66.7 Å². The van der Waals surface area contributed by atoms with Crippen LogP contribution in [0.3, 0.4) is 0 Å². The highest BCUT2D eigenvalue weighted by molar-refractivity contribution is 7.80. The van der Waals surface area contributed by atoms with E-state index >= 15 is 0 Å². The second-order valence-electron chi connectivity index (χ2n) is 15.1. The van der Waals surface area contributed by atoms with Crippen LogP contribution in [0.1, 0.15) is 81.4 Å². The van der Waals surface area contributed by atoms with Crippen LogP contribution in [0.4, 0.5) is 0 Å². The van der Waals surface area contributed by atoms with E-state index in [2.05, 4.69) is 29.2 Å². The Labute approximate surface area is 356 Å². The van der Waals surface area contributed by atoms with Gasteiger partial charge in [-0.2, -0.15) is 0 Å². The summed E-state index contributed by atoms with van der Waals surface area (Å²) in [6.07, 6.45) is -4.19. The minimum absolute atomic E-state index is 0.0189. The maximum absolute atomic E-state index is 12.2. The number of nitrogens with one attached hydrogen (secondary N) is 1. The SMILES string of the molecule is CC(=O)OCC1OC(CC(=S)NCc2ccc(C3OC(CN(C)CCc4ccccn4)C(C)C(c4ccc(CO)cc4)O3)cc2)C(OC(C)=O)C(OC(C)=O)C1OC(C)=O. The molecule has 2 aromatic carbocycles. The smallest absolute Gasteiger partial charge is 0.303 e. The lowest BCUT2D eigenvalue weighted by atomic mass is 9.90. The van der Waals surface area contributed by atoms with Gasteiger partial charge in [0, 0.05) is 83.5 Å². The molecular formula is C44H55N3O12S. The highest BCUT2D eigenvalue weighted by atomic mass is 32.1. The van der Waals surface area contributed by atoms with Gasteiger partial charge in [0.05, 0.1) is 23.8 Å². The molecule has 3 aromatic rings. The Bertz CT molecular complexity index is 1900. The van der Waals surface area contributed by atoms with Gasteiger partial charge in [-0.25, -0.2) is 0 Å². The van der Waals surface area contributed by atoms with Gasteiger partial charge in [0.25, 0.3) is 0 Å². The van der Waals surface area contributed by atoms with Crippen LogP contribution in [0.25, 0.3) is 0 Å². The van der Waals surface area contributed by atoms with Gasteiger partial charge in [-0.15, -0.1) is 0 Å². The molecule has 0 aliphatic carbocycles. The highest BCUT2D eigenvalue weighted by Gasteiger charge is 2.52. The number of rotatable bonds is 17. The number of ether oxygens (including phenoxy) is 7.